The molecule has 0 N–H and O–H groups in total. The monoisotopic (exact) mass is 466 g/mol. The Kier molecular flexibility index (Phi) is 5.46. The molecule has 4 amide bonds. The minimum Gasteiger partial charge on any atom is -0.457 e. The molecule has 0 unspecified atom stereocenters. The van der Waals surface area contributed by atoms with Gasteiger partial charge in [-0.15, -0.1) is 0 Å². The number of benzene rings is 3. The van der Waals surface area contributed by atoms with Crippen molar-refractivity contribution in [2.75, 3.05) is 9.80 Å². The van der Waals surface area contributed by atoms with E-state index in [1.165, 1.54) is 18.2 Å². The number of imide groups is 2. The van der Waals surface area contributed by atoms with Crippen molar-refractivity contribution in [2.45, 2.75) is 6.92 Å². The maximum Gasteiger partial charge on any atom is 0.261 e. The van der Waals surface area contributed by atoms with Gasteiger partial charge in [-0.3, -0.25) is 19.2 Å². The first kappa shape index (κ1) is 21.8. The Labute approximate surface area is 200 Å². The SMILES string of the molecule is CC1=CC(=O)N(c2ccc(Oc3cccc(Oc4ccc(N5C(=O)C=CC5=O)cc4)c3)cc2)C1=O. The Balaban J connectivity index is 1.25. The van der Waals surface area contributed by atoms with Crippen LogP contribution in [0.25, 0.3) is 0 Å². The molecule has 0 aromatic heterocycles. The van der Waals surface area contributed by atoms with Crippen LogP contribution >= 0.6 is 0 Å². The smallest absolute Gasteiger partial charge is 0.261 e. The van der Waals surface area contributed by atoms with Crippen molar-refractivity contribution in [3.8, 4) is 23.0 Å². The van der Waals surface area contributed by atoms with Gasteiger partial charge in [0.25, 0.3) is 23.6 Å². The van der Waals surface area contributed by atoms with Crippen LogP contribution in [-0.2, 0) is 19.2 Å². The Morgan fingerprint density at radius 2 is 1.06 bits per heavy atom. The second-order valence-corrected chi connectivity index (χ2v) is 7.82. The second kappa shape index (κ2) is 8.75. The summed E-state index contributed by atoms with van der Waals surface area (Å²) in [4.78, 5) is 50.0. The van der Waals surface area contributed by atoms with Gasteiger partial charge in [-0.1, -0.05) is 6.07 Å². The molecule has 35 heavy (non-hydrogen) atoms. The van der Waals surface area contributed by atoms with Crippen LogP contribution in [0.5, 0.6) is 23.0 Å². The van der Waals surface area contributed by atoms with E-state index in [0.717, 1.165) is 9.80 Å². The number of ether oxygens (including phenoxy) is 2. The molecule has 8 nitrogen and oxygen atoms in total. The molecule has 3 aromatic carbocycles. The number of carbonyl (C=O) groups is 4. The normalized spacial score (nSPS) is 15.2. The van der Waals surface area contributed by atoms with Gasteiger partial charge in [0.1, 0.15) is 23.0 Å². The average molecular weight is 466 g/mol. The van der Waals surface area contributed by atoms with Crippen LogP contribution in [0.15, 0.2) is 96.6 Å². The molecule has 0 fully saturated rings. The van der Waals surface area contributed by atoms with Gasteiger partial charge in [-0.05, 0) is 67.6 Å². The summed E-state index contributed by atoms with van der Waals surface area (Å²) in [6.45, 7) is 1.61. The van der Waals surface area contributed by atoms with E-state index in [-0.39, 0.29) is 23.6 Å². The maximum absolute atomic E-state index is 12.2. The van der Waals surface area contributed by atoms with Crippen molar-refractivity contribution in [1.82, 2.24) is 0 Å². The van der Waals surface area contributed by atoms with E-state index < -0.39 is 0 Å². The van der Waals surface area contributed by atoms with E-state index in [1.54, 1.807) is 79.7 Å². The zero-order chi connectivity index (χ0) is 24.5. The molecule has 0 saturated heterocycles. The van der Waals surface area contributed by atoms with Crippen LogP contribution in [0, 0.1) is 0 Å². The fourth-order valence-corrected chi connectivity index (χ4v) is 3.69. The predicted molar refractivity (Wildman–Crippen MR) is 127 cm³/mol. The zero-order valence-corrected chi connectivity index (χ0v) is 18.5. The third-order valence-electron chi connectivity index (χ3n) is 5.38. The van der Waals surface area contributed by atoms with E-state index in [0.29, 0.717) is 39.9 Å². The van der Waals surface area contributed by atoms with Gasteiger partial charge in [-0.2, -0.15) is 0 Å². The molecule has 0 bridgehead atoms. The quantitative estimate of drug-likeness (QED) is 0.496. The molecule has 0 saturated carbocycles. The van der Waals surface area contributed by atoms with E-state index in [9.17, 15) is 19.2 Å². The summed E-state index contributed by atoms with van der Waals surface area (Å²) in [6, 6.07) is 20.2. The number of rotatable bonds is 6. The minimum absolute atomic E-state index is 0.336. The summed E-state index contributed by atoms with van der Waals surface area (Å²) in [7, 11) is 0. The Morgan fingerprint density at radius 1 is 0.571 bits per heavy atom. The number of nitrogens with zero attached hydrogens (tertiary/aromatic N) is 2. The first-order valence-corrected chi connectivity index (χ1v) is 10.7. The van der Waals surface area contributed by atoms with Gasteiger partial charge in [0.2, 0.25) is 0 Å². The molecule has 0 atom stereocenters. The van der Waals surface area contributed by atoms with Crippen molar-refractivity contribution >= 4 is 35.0 Å². The molecule has 3 aromatic rings. The first-order chi connectivity index (χ1) is 16.9. The summed E-state index contributed by atoms with van der Waals surface area (Å²) < 4.78 is 11.8. The highest BCUT2D eigenvalue weighted by atomic mass is 16.5. The molecular formula is C27H18N2O6. The van der Waals surface area contributed by atoms with E-state index in [4.69, 9.17) is 9.47 Å². The second-order valence-electron chi connectivity index (χ2n) is 7.82. The molecule has 8 heteroatoms. The third kappa shape index (κ3) is 4.32. The maximum atomic E-state index is 12.2. The summed E-state index contributed by atoms with van der Waals surface area (Å²) in [6.07, 6.45) is 3.78. The van der Waals surface area contributed by atoms with Crippen molar-refractivity contribution in [3.63, 3.8) is 0 Å². The molecule has 2 aliphatic rings. The Bertz CT molecular complexity index is 1400. The average Bonchev–Trinajstić information content (AvgIpc) is 3.31. The fraction of sp³-hybridized carbons (Fsp3) is 0.0370. The first-order valence-electron chi connectivity index (χ1n) is 10.7. The lowest BCUT2D eigenvalue weighted by Crippen LogP contribution is -2.30. The lowest BCUT2D eigenvalue weighted by atomic mass is 10.2. The Hall–Kier alpha value is -4.98. The van der Waals surface area contributed by atoms with Crippen LogP contribution in [-0.4, -0.2) is 23.6 Å². The predicted octanol–water partition coefficient (Wildman–Crippen LogP) is 4.52. The van der Waals surface area contributed by atoms with Crippen molar-refractivity contribution in [1.29, 1.82) is 0 Å². The van der Waals surface area contributed by atoms with Crippen LogP contribution in [0.3, 0.4) is 0 Å². The lowest BCUT2D eigenvalue weighted by Gasteiger charge is -2.15. The number of carbonyl (C=O) groups excluding carboxylic acids is 4. The van der Waals surface area contributed by atoms with Crippen LogP contribution in [0.2, 0.25) is 0 Å². The lowest BCUT2D eigenvalue weighted by molar-refractivity contribution is -0.121. The summed E-state index contributed by atoms with van der Waals surface area (Å²) >= 11 is 0. The topological polar surface area (TPSA) is 93.2 Å². The number of anilines is 2. The number of hydrogen-bond donors (Lipinski definition) is 0. The third-order valence-corrected chi connectivity index (χ3v) is 5.38. The molecule has 0 spiro atoms. The van der Waals surface area contributed by atoms with E-state index in [2.05, 4.69) is 0 Å². The minimum atomic E-state index is -0.382. The highest BCUT2D eigenvalue weighted by molar-refractivity contribution is 6.30. The molecule has 0 radical (unpaired) electrons. The van der Waals surface area contributed by atoms with Crippen LogP contribution < -0.4 is 19.3 Å². The van der Waals surface area contributed by atoms with E-state index >= 15 is 0 Å². The fourth-order valence-electron chi connectivity index (χ4n) is 3.69. The summed E-state index contributed by atoms with van der Waals surface area (Å²) in [5, 5.41) is 0. The van der Waals surface area contributed by atoms with Crippen molar-refractivity contribution < 1.29 is 28.7 Å². The number of amides is 4. The van der Waals surface area contributed by atoms with Crippen LogP contribution in [0.4, 0.5) is 11.4 Å². The van der Waals surface area contributed by atoms with Gasteiger partial charge in [0.15, 0.2) is 0 Å². The Morgan fingerprint density at radius 3 is 1.51 bits per heavy atom. The molecular weight excluding hydrogens is 448 g/mol. The van der Waals surface area contributed by atoms with Gasteiger partial charge >= 0.3 is 0 Å². The molecule has 2 aliphatic heterocycles. The standard InChI is InChI=1S/C27H18N2O6/c1-17-15-26(32)29(27(17)33)19-7-11-21(12-8-19)35-23-4-2-3-22(16-23)34-20-9-5-18(6-10-20)28-24(30)13-14-25(28)31/h2-16H,1H3. The molecule has 5 rings (SSSR count). The van der Waals surface area contributed by atoms with E-state index in [1.807, 2.05) is 0 Å². The zero-order valence-electron chi connectivity index (χ0n) is 18.5. The van der Waals surface area contributed by atoms with Crippen molar-refractivity contribution in [3.05, 3.63) is 96.6 Å². The van der Waals surface area contributed by atoms with Gasteiger partial charge in [0, 0.05) is 29.9 Å². The highest BCUT2D eigenvalue weighted by Gasteiger charge is 2.29. The van der Waals surface area contributed by atoms with Crippen LogP contribution in [0.1, 0.15) is 6.92 Å². The summed E-state index contributed by atoms with van der Waals surface area (Å²) in [5.74, 6) is 0.623. The van der Waals surface area contributed by atoms with Crippen molar-refractivity contribution in [2.24, 2.45) is 0 Å². The van der Waals surface area contributed by atoms with Gasteiger partial charge in [-0.25, -0.2) is 9.80 Å². The molecule has 2 heterocycles. The molecule has 172 valence electrons. The summed E-state index contributed by atoms with van der Waals surface area (Å²) in [5.41, 5.74) is 1.33. The van der Waals surface area contributed by atoms with Gasteiger partial charge in [0.05, 0.1) is 11.4 Å². The number of hydrogen-bond acceptors (Lipinski definition) is 6. The largest absolute Gasteiger partial charge is 0.457 e. The highest BCUT2D eigenvalue weighted by Crippen LogP contribution is 2.31. The van der Waals surface area contributed by atoms with Gasteiger partial charge < -0.3 is 9.47 Å². The molecule has 0 aliphatic carbocycles.